The van der Waals surface area contributed by atoms with E-state index in [1.54, 1.807) is 24.3 Å². The molecule has 180 valence electrons. The number of nitrogens with one attached hydrogen (secondary N) is 2. The van der Waals surface area contributed by atoms with Gasteiger partial charge in [-0.1, -0.05) is 48.0 Å². The van der Waals surface area contributed by atoms with Crippen LogP contribution in [0.2, 0.25) is 5.02 Å². The van der Waals surface area contributed by atoms with Crippen LogP contribution in [0, 0.1) is 5.92 Å². The van der Waals surface area contributed by atoms with Crippen LogP contribution in [-0.4, -0.2) is 35.8 Å². The lowest BCUT2D eigenvalue weighted by molar-refractivity contribution is -0.127. The fraction of sp³-hybridized carbons (Fsp3) is 0.310. The van der Waals surface area contributed by atoms with Crippen LogP contribution in [0.15, 0.2) is 72.8 Å². The maximum atomic E-state index is 12.9. The van der Waals surface area contributed by atoms with Crippen molar-refractivity contribution in [2.24, 2.45) is 5.92 Å². The molecular formula is C29H30ClN3O2. The highest BCUT2D eigenvalue weighted by Crippen LogP contribution is 2.24. The number of hydrogen-bond donors (Lipinski definition) is 2. The Bertz CT molecular complexity index is 1180. The number of amides is 2. The van der Waals surface area contributed by atoms with Crippen LogP contribution >= 0.6 is 11.6 Å². The molecule has 2 amide bonds. The molecule has 1 fully saturated rings. The number of anilines is 1. The van der Waals surface area contributed by atoms with E-state index in [1.807, 2.05) is 18.2 Å². The van der Waals surface area contributed by atoms with Gasteiger partial charge in [-0.2, -0.15) is 0 Å². The zero-order valence-corrected chi connectivity index (χ0v) is 20.4. The summed E-state index contributed by atoms with van der Waals surface area (Å²) in [6.45, 7) is 2.59. The van der Waals surface area contributed by atoms with Crippen molar-refractivity contribution in [2.75, 3.05) is 18.4 Å². The number of hydrogen-bond acceptors (Lipinski definition) is 3. The zero-order chi connectivity index (χ0) is 24.2. The summed E-state index contributed by atoms with van der Waals surface area (Å²) in [5.41, 5.74) is 5.21. The number of nitrogens with zero attached hydrogens (tertiary/aromatic N) is 1. The quantitative estimate of drug-likeness (QED) is 0.509. The van der Waals surface area contributed by atoms with Gasteiger partial charge < -0.3 is 10.6 Å². The van der Waals surface area contributed by atoms with E-state index < -0.39 is 0 Å². The van der Waals surface area contributed by atoms with E-state index in [2.05, 4.69) is 45.9 Å². The van der Waals surface area contributed by atoms with E-state index >= 15 is 0 Å². The number of benzene rings is 3. The molecule has 5 nitrogen and oxygen atoms in total. The molecular weight excluding hydrogens is 458 g/mol. The maximum absolute atomic E-state index is 12.9. The van der Waals surface area contributed by atoms with E-state index in [1.165, 1.54) is 11.1 Å². The van der Waals surface area contributed by atoms with Crippen molar-refractivity contribution in [3.8, 4) is 0 Å². The monoisotopic (exact) mass is 487 g/mol. The number of rotatable bonds is 6. The van der Waals surface area contributed by atoms with Crippen LogP contribution < -0.4 is 10.6 Å². The van der Waals surface area contributed by atoms with Crippen LogP contribution in [0.25, 0.3) is 0 Å². The average Bonchev–Trinajstić information content (AvgIpc) is 3.27. The summed E-state index contributed by atoms with van der Waals surface area (Å²) in [7, 11) is 0. The van der Waals surface area contributed by atoms with E-state index in [4.69, 9.17) is 11.6 Å². The van der Waals surface area contributed by atoms with Gasteiger partial charge in [-0.3, -0.25) is 14.5 Å². The van der Waals surface area contributed by atoms with Crippen molar-refractivity contribution < 1.29 is 9.59 Å². The minimum atomic E-state index is -0.156. The normalized spacial score (nSPS) is 16.6. The molecule has 1 aliphatic heterocycles. The molecule has 2 N–H and O–H groups in total. The second kappa shape index (κ2) is 10.6. The van der Waals surface area contributed by atoms with Gasteiger partial charge in [-0.05, 0) is 91.9 Å². The van der Waals surface area contributed by atoms with Gasteiger partial charge in [0, 0.05) is 34.8 Å². The van der Waals surface area contributed by atoms with Crippen LogP contribution in [0.5, 0.6) is 0 Å². The molecule has 0 atom stereocenters. The van der Waals surface area contributed by atoms with Crippen molar-refractivity contribution in [1.82, 2.24) is 10.2 Å². The Labute approximate surface area is 211 Å². The predicted molar refractivity (Wildman–Crippen MR) is 140 cm³/mol. The Kier molecular flexibility index (Phi) is 7.16. The standard InChI is InChI=1S/C29H30ClN3O2/c30-25-10-8-21(9-11-25)28(34)31-26-7-3-4-20(16-26)19-33-14-12-22(13-15-33)29(35)32-27-17-23-5-1-2-6-24(23)18-27/h1-11,16,22,27H,12-15,17-19H2,(H,31,34)(H,32,35). The molecule has 1 heterocycles. The summed E-state index contributed by atoms with van der Waals surface area (Å²) < 4.78 is 0. The third-order valence-corrected chi connectivity index (χ3v) is 7.31. The molecule has 2 aliphatic rings. The second-order valence-corrected chi connectivity index (χ2v) is 10.0. The molecule has 0 spiro atoms. The van der Waals surface area contributed by atoms with Crippen molar-refractivity contribution in [3.63, 3.8) is 0 Å². The van der Waals surface area contributed by atoms with Gasteiger partial charge >= 0.3 is 0 Å². The van der Waals surface area contributed by atoms with Gasteiger partial charge in [0.2, 0.25) is 5.91 Å². The van der Waals surface area contributed by atoms with Crippen LogP contribution in [0.1, 0.15) is 39.9 Å². The third-order valence-electron chi connectivity index (χ3n) is 7.05. The summed E-state index contributed by atoms with van der Waals surface area (Å²) in [4.78, 5) is 27.8. The minimum absolute atomic E-state index is 0.0833. The second-order valence-electron chi connectivity index (χ2n) is 9.59. The number of carbonyl (C=O) groups excluding carboxylic acids is 2. The van der Waals surface area contributed by atoms with E-state index in [-0.39, 0.29) is 23.8 Å². The average molecular weight is 488 g/mol. The highest BCUT2D eigenvalue weighted by molar-refractivity contribution is 6.30. The lowest BCUT2D eigenvalue weighted by Crippen LogP contribution is -2.44. The molecule has 0 saturated carbocycles. The van der Waals surface area contributed by atoms with Gasteiger partial charge in [0.25, 0.3) is 5.91 Å². The molecule has 5 rings (SSSR count). The van der Waals surface area contributed by atoms with E-state index in [0.717, 1.165) is 56.6 Å². The Morgan fingerprint density at radius 1 is 0.886 bits per heavy atom. The van der Waals surface area contributed by atoms with Gasteiger partial charge in [-0.25, -0.2) is 0 Å². The topological polar surface area (TPSA) is 61.4 Å². The van der Waals surface area contributed by atoms with Crippen LogP contribution in [0.4, 0.5) is 5.69 Å². The van der Waals surface area contributed by atoms with E-state index in [9.17, 15) is 9.59 Å². The molecule has 0 unspecified atom stereocenters. The summed E-state index contributed by atoms with van der Waals surface area (Å²) in [6, 6.07) is 23.5. The van der Waals surface area contributed by atoms with Crippen LogP contribution in [-0.2, 0) is 24.2 Å². The van der Waals surface area contributed by atoms with Gasteiger partial charge in [-0.15, -0.1) is 0 Å². The summed E-state index contributed by atoms with van der Waals surface area (Å²) in [5, 5.41) is 6.87. The number of fused-ring (bicyclic) bond motifs is 1. The Morgan fingerprint density at radius 3 is 2.26 bits per heavy atom. The SMILES string of the molecule is O=C(Nc1cccc(CN2CCC(C(=O)NC3Cc4ccccc4C3)CC2)c1)c1ccc(Cl)cc1. The smallest absolute Gasteiger partial charge is 0.255 e. The van der Waals surface area contributed by atoms with Gasteiger partial charge in [0.05, 0.1) is 0 Å². The summed E-state index contributed by atoms with van der Waals surface area (Å²) in [5.74, 6) is 0.130. The fourth-order valence-corrected chi connectivity index (χ4v) is 5.27. The number of carbonyl (C=O) groups is 2. The number of halogens is 1. The summed E-state index contributed by atoms with van der Waals surface area (Å²) in [6.07, 6.45) is 3.62. The molecule has 0 radical (unpaired) electrons. The molecule has 6 heteroatoms. The fourth-order valence-electron chi connectivity index (χ4n) is 5.14. The number of piperidine rings is 1. The molecule has 35 heavy (non-hydrogen) atoms. The summed E-state index contributed by atoms with van der Waals surface area (Å²) >= 11 is 5.91. The molecule has 1 saturated heterocycles. The molecule has 1 aliphatic carbocycles. The largest absolute Gasteiger partial charge is 0.352 e. The van der Waals surface area contributed by atoms with Crippen molar-refractivity contribution in [2.45, 2.75) is 38.3 Å². The lowest BCUT2D eigenvalue weighted by Gasteiger charge is -2.32. The molecule has 3 aromatic rings. The highest BCUT2D eigenvalue weighted by Gasteiger charge is 2.28. The first-order valence-corrected chi connectivity index (χ1v) is 12.7. The van der Waals surface area contributed by atoms with Crippen molar-refractivity contribution in [1.29, 1.82) is 0 Å². The van der Waals surface area contributed by atoms with E-state index in [0.29, 0.717) is 10.6 Å². The molecule has 0 aromatic heterocycles. The van der Waals surface area contributed by atoms with Gasteiger partial charge in [0.1, 0.15) is 0 Å². The van der Waals surface area contributed by atoms with Crippen molar-refractivity contribution in [3.05, 3.63) is 100 Å². The zero-order valence-electron chi connectivity index (χ0n) is 19.7. The predicted octanol–water partition coefficient (Wildman–Crippen LogP) is 5.09. The molecule has 3 aromatic carbocycles. The van der Waals surface area contributed by atoms with Crippen molar-refractivity contribution >= 4 is 29.1 Å². The Hall–Kier alpha value is -3.15. The Morgan fingerprint density at radius 2 is 1.57 bits per heavy atom. The van der Waals surface area contributed by atoms with Gasteiger partial charge in [0.15, 0.2) is 0 Å². The van der Waals surface area contributed by atoms with Crippen LogP contribution in [0.3, 0.4) is 0 Å². The number of likely N-dealkylation sites (tertiary alicyclic amines) is 1. The lowest BCUT2D eigenvalue weighted by atomic mass is 9.95. The Balaban J connectivity index is 1.09. The highest BCUT2D eigenvalue weighted by atomic mass is 35.5. The maximum Gasteiger partial charge on any atom is 0.255 e. The first-order chi connectivity index (χ1) is 17.0. The minimum Gasteiger partial charge on any atom is -0.352 e. The molecule has 0 bridgehead atoms. The third kappa shape index (κ3) is 5.92. The first kappa shape index (κ1) is 23.6. The first-order valence-electron chi connectivity index (χ1n) is 12.3.